The van der Waals surface area contributed by atoms with Crippen molar-refractivity contribution in [3.8, 4) is 5.75 Å². The lowest BCUT2D eigenvalue weighted by Crippen LogP contribution is -2.22. The Labute approximate surface area is 120 Å². The van der Waals surface area contributed by atoms with Gasteiger partial charge in [-0.1, -0.05) is 6.07 Å². The first kappa shape index (κ1) is 18.0. The smallest absolute Gasteiger partial charge is 0.416 e. The summed E-state index contributed by atoms with van der Waals surface area (Å²) >= 11 is 0. The highest BCUT2D eigenvalue weighted by Gasteiger charge is 2.31. The summed E-state index contributed by atoms with van der Waals surface area (Å²) in [5.74, 6) is -0.0476. The monoisotopic (exact) mass is 328 g/mol. The number of aliphatic hydroxyl groups is 1. The molecule has 0 spiro atoms. The number of alkyl halides is 3. The van der Waals surface area contributed by atoms with E-state index in [1.54, 1.807) is 0 Å². The van der Waals surface area contributed by atoms with Crippen LogP contribution in [0.3, 0.4) is 0 Å². The molecule has 0 bridgehead atoms. The number of aliphatic hydroxyl groups excluding tert-OH is 1. The Balaban J connectivity index is 2.61. The van der Waals surface area contributed by atoms with Gasteiger partial charge in [-0.15, -0.1) is 0 Å². The Morgan fingerprint density at radius 1 is 1.29 bits per heavy atom. The van der Waals surface area contributed by atoms with Crippen LogP contribution < -0.4 is 4.74 Å². The van der Waals surface area contributed by atoms with E-state index in [-0.39, 0.29) is 18.5 Å². The maximum Gasteiger partial charge on any atom is 0.416 e. The molecule has 0 aliphatic carbocycles. The van der Waals surface area contributed by atoms with Gasteiger partial charge in [0, 0.05) is 14.2 Å². The number of benzene rings is 1. The van der Waals surface area contributed by atoms with Crippen LogP contribution in [0.4, 0.5) is 13.2 Å². The Morgan fingerprint density at radius 2 is 1.90 bits per heavy atom. The summed E-state index contributed by atoms with van der Waals surface area (Å²) < 4.78 is 63.6. The zero-order valence-electron chi connectivity index (χ0n) is 11.5. The molecule has 1 unspecified atom stereocenters. The lowest BCUT2D eigenvalue weighted by molar-refractivity contribution is -0.137. The van der Waals surface area contributed by atoms with Gasteiger partial charge in [-0.3, -0.25) is 4.57 Å². The second kappa shape index (κ2) is 7.26. The summed E-state index contributed by atoms with van der Waals surface area (Å²) in [5, 5.41) is 9.66. The van der Waals surface area contributed by atoms with Crippen LogP contribution in [0.1, 0.15) is 5.56 Å². The van der Waals surface area contributed by atoms with Gasteiger partial charge in [0.05, 0.1) is 17.8 Å². The summed E-state index contributed by atoms with van der Waals surface area (Å²) in [7, 11) is -1.06. The molecule has 0 amide bonds. The third-order valence-electron chi connectivity index (χ3n) is 2.59. The minimum atomic E-state index is -4.47. The molecule has 0 fully saturated rings. The molecule has 0 saturated heterocycles. The van der Waals surface area contributed by atoms with Gasteiger partial charge in [0.25, 0.3) is 0 Å². The number of halogens is 3. The first-order valence-electron chi connectivity index (χ1n) is 5.89. The third kappa shape index (κ3) is 5.67. The van der Waals surface area contributed by atoms with Crippen LogP contribution in [-0.2, 0) is 19.8 Å². The fraction of sp³-hybridized carbons (Fsp3) is 0.500. The van der Waals surface area contributed by atoms with Crippen LogP contribution in [0.15, 0.2) is 24.3 Å². The highest BCUT2D eigenvalue weighted by Crippen LogP contribution is 2.46. The van der Waals surface area contributed by atoms with Crippen molar-refractivity contribution >= 4 is 7.60 Å². The molecule has 0 radical (unpaired) electrons. The fourth-order valence-corrected chi connectivity index (χ4v) is 2.56. The minimum absolute atomic E-state index is 0.0476. The van der Waals surface area contributed by atoms with Crippen molar-refractivity contribution in [1.82, 2.24) is 0 Å². The Hall–Kier alpha value is -1.08. The van der Waals surface area contributed by atoms with E-state index in [1.807, 2.05) is 0 Å². The Kier molecular flexibility index (Phi) is 6.22. The Bertz CT molecular complexity index is 498. The zero-order valence-corrected chi connectivity index (χ0v) is 12.4. The van der Waals surface area contributed by atoms with Crippen molar-refractivity contribution in [3.05, 3.63) is 29.8 Å². The normalized spacial score (nSPS) is 14.0. The summed E-state index contributed by atoms with van der Waals surface area (Å²) in [6, 6.07) is 4.25. The molecule has 0 aromatic heterocycles. The van der Waals surface area contributed by atoms with Crippen LogP contribution in [0.5, 0.6) is 5.75 Å². The zero-order chi connectivity index (χ0) is 16.1. The van der Waals surface area contributed by atoms with Gasteiger partial charge in [0.2, 0.25) is 0 Å². The van der Waals surface area contributed by atoms with Crippen molar-refractivity contribution < 1.29 is 36.6 Å². The standard InChI is InChI=1S/C12H16F3O5P/c1-18-21(17,19-2)8-10(16)7-20-11-5-3-4-9(6-11)12(13,14)15/h3-6,10,16H,7-8H2,1-2H3. The third-order valence-corrected chi connectivity index (χ3v) is 4.58. The molecule has 0 aliphatic rings. The van der Waals surface area contributed by atoms with Crippen molar-refractivity contribution in [1.29, 1.82) is 0 Å². The number of ether oxygens (including phenoxy) is 1. The predicted octanol–water partition coefficient (Wildman–Crippen LogP) is 2.93. The molecule has 1 atom stereocenters. The second-order valence-electron chi connectivity index (χ2n) is 4.15. The van der Waals surface area contributed by atoms with Gasteiger partial charge in [0.1, 0.15) is 12.4 Å². The van der Waals surface area contributed by atoms with Gasteiger partial charge < -0.3 is 18.9 Å². The summed E-state index contributed by atoms with van der Waals surface area (Å²) in [6.45, 7) is -0.335. The van der Waals surface area contributed by atoms with E-state index in [9.17, 15) is 22.8 Å². The summed E-state index contributed by atoms with van der Waals surface area (Å²) in [4.78, 5) is 0. The SMILES string of the molecule is COP(=O)(CC(O)COc1cccc(C(F)(F)F)c1)OC. The van der Waals surface area contributed by atoms with E-state index in [0.717, 1.165) is 12.1 Å². The average molecular weight is 328 g/mol. The van der Waals surface area contributed by atoms with E-state index < -0.39 is 25.4 Å². The first-order valence-corrected chi connectivity index (χ1v) is 7.61. The van der Waals surface area contributed by atoms with Gasteiger partial charge in [-0.2, -0.15) is 13.2 Å². The van der Waals surface area contributed by atoms with Crippen molar-refractivity contribution in [3.63, 3.8) is 0 Å². The first-order chi connectivity index (χ1) is 9.70. The van der Waals surface area contributed by atoms with E-state index in [1.165, 1.54) is 26.4 Å². The minimum Gasteiger partial charge on any atom is -0.491 e. The summed E-state index contributed by atoms with van der Waals surface area (Å²) in [6.07, 6.45) is -6.00. The predicted molar refractivity (Wildman–Crippen MR) is 69.4 cm³/mol. The van der Waals surface area contributed by atoms with Gasteiger partial charge in [-0.25, -0.2) is 0 Å². The van der Waals surface area contributed by atoms with Crippen LogP contribution in [0, 0.1) is 0 Å². The molecule has 120 valence electrons. The van der Waals surface area contributed by atoms with Crippen LogP contribution >= 0.6 is 7.60 Å². The Morgan fingerprint density at radius 3 is 2.43 bits per heavy atom. The number of hydrogen-bond donors (Lipinski definition) is 1. The molecule has 9 heteroatoms. The van der Waals surface area contributed by atoms with Crippen molar-refractivity contribution in [2.24, 2.45) is 0 Å². The molecular weight excluding hydrogens is 312 g/mol. The second-order valence-corrected chi connectivity index (χ2v) is 6.47. The molecular formula is C12H16F3O5P. The van der Waals surface area contributed by atoms with E-state index in [2.05, 4.69) is 9.05 Å². The molecule has 1 aromatic rings. The molecule has 1 N–H and O–H groups in total. The maximum atomic E-state index is 12.5. The molecule has 5 nitrogen and oxygen atoms in total. The van der Waals surface area contributed by atoms with E-state index in [0.29, 0.717) is 0 Å². The molecule has 0 heterocycles. The highest BCUT2D eigenvalue weighted by molar-refractivity contribution is 7.53. The quantitative estimate of drug-likeness (QED) is 0.780. The summed E-state index contributed by atoms with van der Waals surface area (Å²) in [5.41, 5.74) is -0.853. The van der Waals surface area contributed by atoms with Crippen molar-refractivity contribution in [2.45, 2.75) is 12.3 Å². The van der Waals surface area contributed by atoms with Gasteiger partial charge in [0.15, 0.2) is 0 Å². The maximum absolute atomic E-state index is 12.5. The van der Waals surface area contributed by atoms with Gasteiger partial charge >= 0.3 is 13.8 Å². The average Bonchev–Trinajstić information content (AvgIpc) is 2.44. The lowest BCUT2D eigenvalue weighted by atomic mass is 10.2. The van der Waals surface area contributed by atoms with Gasteiger partial charge in [-0.05, 0) is 18.2 Å². The lowest BCUT2D eigenvalue weighted by Gasteiger charge is -2.18. The van der Waals surface area contributed by atoms with Crippen molar-refractivity contribution in [2.75, 3.05) is 27.0 Å². The molecule has 0 saturated carbocycles. The number of hydrogen-bond acceptors (Lipinski definition) is 5. The van der Waals surface area contributed by atoms with E-state index >= 15 is 0 Å². The molecule has 0 aliphatic heterocycles. The molecule has 1 aromatic carbocycles. The van der Waals surface area contributed by atoms with Crippen LogP contribution in [0.25, 0.3) is 0 Å². The highest BCUT2D eigenvalue weighted by atomic mass is 31.2. The number of rotatable bonds is 7. The molecule has 1 rings (SSSR count). The largest absolute Gasteiger partial charge is 0.491 e. The van der Waals surface area contributed by atoms with E-state index in [4.69, 9.17) is 4.74 Å². The fourth-order valence-electron chi connectivity index (χ4n) is 1.49. The van der Waals surface area contributed by atoms with Crippen LogP contribution in [-0.4, -0.2) is 38.2 Å². The topological polar surface area (TPSA) is 65.0 Å². The molecule has 21 heavy (non-hydrogen) atoms. The van der Waals surface area contributed by atoms with Crippen LogP contribution in [0.2, 0.25) is 0 Å².